The lowest BCUT2D eigenvalue weighted by molar-refractivity contribution is -0.141. The van der Waals surface area contributed by atoms with Crippen molar-refractivity contribution in [3.05, 3.63) is 30.3 Å². The van der Waals surface area contributed by atoms with E-state index >= 15 is 0 Å². The quantitative estimate of drug-likeness (QED) is 0.388. The normalized spacial score (nSPS) is 15.5. The second kappa shape index (κ2) is 9.65. The Morgan fingerprint density at radius 3 is 2.15 bits per heavy atom. The molecule has 0 N–H and O–H groups in total. The third-order valence-electron chi connectivity index (χ3n) is 5.29. The van der Waals surface area contributed by atoms with Gasteiger partial charge in [0.25, 0.3) is 0 Å². The molecule has 1 aromatic rings. The Bertz CT molecular complexity index is 667. The van der Waals surface area contributed by atoms with Crippen LogP contribution >= 0.6 is 0 Å². The van der Waals surface area contributed by atoms with Gasteiger partial charge in [-0.3, -0.25) is 0 Å². The number of hydrogen-bond acceptors (Lipinski definition) is 5. The zero-order valence-corrected chi connectivity index (χ0v) is 19.7. The SMILES string of the molecule is COCO[C@](C)(CCCS(=O)(=O)c1ccccc1)CO[Si](C)(C)C(C)(C)C. The van der Waals surface area contributed by atoms with Crippen LogP contribution in [0.25, 0.3) is 0 Å². The van der Waals surface area contributed by atoms with Crippen molar-refractivity contribution in [2.45, 2.75) is 69.2 Å². The van der Waals surface area contributed by atoms with Gasteiger partial charge >= 0.3 is 0 Å². The van der Waals surface area contributed by atoms with Gasteiger partial charge in [-0.25, -0.2) is 8.42 Å². The molecule has 0 saturated heterocycles. The van der Waals surface area contributed by atoms with Crippen LogP contribution in [0, 0.1) is 0 Å². The Morgan fingerprint density at radius 2 is 1.63 bits per heavy atom. The average Bonchev–Trinajstić information content (AvgIpc) is 2.58. The first-order valence-electron chi connectivity index (χ1n) is 9.38. The van der Waals surface area contributed by atoms with Crippen LogP contribution in [-0.2, 0) is 23.7 Å². The highest BCUT2D eigenvalue weighted by Crippen LogP contribution is 2.37. The van der Waals surface area contributed by atoms with Crippen molar-refractivity contribution < 1.29 is 22.3 Å². The molecule has 156 valence electrons. The molecule has 0 radical (unpaired) electrons. The van der Waals surface area contributed by atoms with Crippen LogP contribution in [0.3, 0.4) is 0 Å². The van der Waals surface area contributed by atoms with Gasteiger partial charge in [0.15, 0.2) is 18.2 Å². The smallest absolute Gasteiger partial charge is 0.192 e. The van der Waals surface area contributed by atoms with Crippen LogP contribution in [0.1, 0.15) is 40.5 Å². The fourth-order valence-electron chi connectivity index (χ4n) is 2.32. The molecule has 1 aromatic carbocycles. The number of methoxy groups -OCH3 is 1. The van der Waals surface area contributed by atoms with E-state index in [4.69, 9.17) is 13.9 Å². The topological polar surface area (TPSA) is 61.8 Å². The predicted octanol–water partition coefficient (Wildman–Crippen LogP) is 4.64. The van der Waals surface area contributed by atoms with Crippen molar-refractivity contribution in [3.8, 4) is 0 Å². The minimum atomic E-state index is -3.29. The molecular weight excluding hydrogens is 380 g/mol. The van der Waals surface area contributed by atoms with Crippen molar-refractivity contribution in [1.29, 1.82) is 0 Å². The maximum Gasteiger partial charge on any atom is 0.192 e. The number of sulfone groups is 1. The molecule has 1 atom stereocenters. The summed E-state index contributed by atoms with van der Waals surface area (Å²) in [6, 6.07) is 8.57. The Kier molecular flexibility index (Phi) is 8.69. The highest BCUT2D eigenvalue weighted by Gasteiger charge is 2.39. The Balaban J connectivity index is 2.73. The molecule has 0 amide bonds. The van der Waals surface area contributed by atoms with E-state index in [9.17, 15) is 8.42 Å². The van der Waals surface area contributed by atoms with Crippen molar-refractivity contribution in [1.82, 2.24) is 0 Å². The zero-order valence-electron chi connectivity index (χ0n) is 17.9. The predicted molar refractivity (Wildman–Crippen MR) is 112 cm³/mol. The molecule has 1 rings (SSSR count). The number of ether oxygens (including phenoxy) is 2. The molecule has 0 bridgehead atoms. The number of benzene rings is 1. The van der Waals surface area contributed by atoms with Crippen molar-refractivity contribution in [2.75, 3.05) is 26.3 Å². The summed E-state index contributed by atoms with van der Waals surface area (Å²) in [5.74, 6) is 0.0863. The first kappa shape index (κ1) is 24.3. The van der Waals surface area contributed by atoms with Crippen LogP contribution in [0.4, 0.5) is 0 Å². The Labute approximate surface area is 166 Å². The van der Waals surface area contributed by atoms with E-state index in [1.807, 2.05) is 13.0 Å². The summed E-state index contributed by atoms with van der Waals surface area (Å²) >= 11 is 0. The Hall–Kier alpha value is -0.733. The lowest BCUT2D eigenvalue weighted by Gasteiger charge is -2.40. The maximum atomic E-state index is 12.5. The number of hydrogen-bond donors (Lipinski definition) is 0. The molecule has 0 aliphatic rings. The molecule has 5 nitrogen and oxygen atoms in total. The lowest BCUT2D eigenvalue weighted by Crippen LogP contribution is -2.46. The summed E-state index contributed by atoms with van der Waals surface area (Å²) < 4.78 is 42.3. The molecule has 0 aliphatic carbocycles. The van der Waals surface area contributed by atoms with Gasteiger partial charge in [-0.2, -0.15) is 0 Å². The summed E-state index contributed by atoms with van der Waals surface area (Å²) in [7, 11) is -3.63. The van der Waals surface area contributed by atoms with Gasteiger partial charge in [-0.1, -0.05) is 39.0 Å². The minimum absolute atomic E-state index is 0.0863. The Morgan fingerprint density at radius 1 is 1.04 bits per heavy atom. The molecule has 0 fully saturated rings. The molecular formula is C20H36O5SSi. The average molecular weight is 417 g/mol. The summed E-state index contributed by atoms with van der Waals surface area (Å²) in [5.41, 5.74) is -0.586. The van der Waals surface area contributed by atoms with Gasteiger partial charge in [0.1, 0.15) is 6.79 Å². The summed E-state index contributed by atoms with van der Waals surface area (Å²) in [6.07, 6.45) is 1.08. The van der Waals surface area contributed by atoms with Gasteiger partial charge in [0, 0.05) is 7.11 Å². The van der Waals surface area contributed by atoms with Gasteiger partial charge in [-0.05, 0) is 50.0 Å². The van der Waals surface area contributed by atoms with Crippen LogP contribution in [0.5, 0.6) is 0 Å². The third kappa shape index (κ3) is 7.66. The van der Waals surface area contributed by atoms with E-state index in [1.54, 1.807) is 31.4 Å². The van der Waals surface area contributed by atoms with Gasteiger partial charge in [0.2, 0.25) is 0 Å². The van der Waals surface area contributed by atoms with Gasteiger partial charge in [0.05, 0.1) is 22.9 Å². The fraction of sp³-hybridized carbons (Fsp3) is 0.700. The first-order valence-corrected chi connectivity index (χ1v) is 13.9. The maximum absolute atomic E-state index is 12.5. The van der Waals surface area contributed by atoms with Crippen molar-refractivity contribution >= 4 is 18.2 Å². The first-order chi connectivity index (χ1) is 12.3. The van der Waals surface area contributed by atoms with E-state index in [-0.39, 0.29) is 17.6 Å². The van der Waals surface area contributed by atoms with E-state index in [0.717, 1.165) is 0 Å². The van der Waals surface area contributed by atoms with E-state index < -0.39 is 23.8 Å². The van der Waals surface area contributed by atoms with Crippen LogP contribution in [-0.4, -0.2) is 48.6 Å². The molecule has 7 heteroatoms. The van der Waals surface area contributed by atoms with E-state index in [1.165, 1.54) is 0 Å². The molecule has 27 heavy (non-hydrogen) atoms. The highest BCUT2D eigenvalue weighted by atomic mass is 32.2. The van der Waals surface area contributed by atoms with Gasteiger partial charge in [-0.15, -0.1) is 0 Å². The summed E-state index contributed by atoms with van der Waals surface area (Å²) in [5, 5.41) is 0.103. The summed E-state index contributed by atoms with van der Waals surface area (Å²) in [4.78, 5) is 0.363. The van der Waals surface area contributed by atoms with Crippen molar-refractivity contribution in [3.63, 3.8) is 0 Å². The molecule has 0 aliphatic heterocycles. The summed E-state index contributed by atoms with van der Waals surface area (Å²) in [6.45, 7) is 13.5. The zero-order chi connectivity index (χ0) is 20.8. The number of rotatable bonds is 11. The largest absolute Gasteiger partial charge is 0.414 e. The van der Waals surface area contributed by atoms with Gasteiger partial charge < -0.3 is 13.9 Å². The van der Waals surface area contributed by atoms with Crippen LogP contribution in [0.2, 0.25) is 18.1 Å². The second-order valence-corrected chi connectivity index (χ2v) is 15.7. The van der Waals surface area contributed by atoms with E-state index in [2.05, 4.69) is 33.9 Å². The molecule has 0 aromatic heterocycles. The minimum Gasteiger partial charge on any atom is -0.414 e. The second-order valence-electron chi connectivity index (χ2n) is 8.79. The van der Waals surface area contributed by atoms with Crippen molar-refractivity contribution in [2.24, 2.45) is 0 Å². The molecule has 0 unspecified atom stereocenters. The fourth-order valence-corrected chi connectivity index (χ4v) is 4.75. The van der Waals surface area contributed by atoms with E-state index in [0.29, 0.717) is 24.3 Å². The highest BCUT2D eigenvalue weighted by molar-refractivity contribution is 7.91. The molecule has 0 saturated carbocycles. The van der Waals surface area contributed by atoms with Crippen LogP contribution in [0.15, 0.2) is 35.2 Å². The monoisotopic (exact) mass is 416 g/mol. The lowest BCUT2D eigenvalue weighted by atomic mass is 10.0. The molecule has 0 heterocycles. The van der Waals surface area contributed by atoms with Crippen LogP contribution < -0.4 is 0 Å². The molecule has 0 spiro atoms. The third-order valence-corrected chi connectivity index (χ3v) is 11.6. The standard InChI is InChI=1S/C20H36O5SSi/c1-19(2,3)27(6,7)25-16-20(4,24-17-23-5)14-11-15-26(21,22)18-12-9-8-10-13-18/h8-10,12-13H,11,14-17H2,1-7H3/t20-/m1/s1.